The minimum Gasteiger partial charge on any atom is -0.319 e. The molecule has 2 unspecified atom stereocenters. The standard InChI is InChI=1S/C12H26N2/c1-4-8-14(9-5-2)12-7-6-11(12)10-13-3/h11-13H,4-10H2,1-3H3. The molecule has 1 N–H and O–H groups in total. The summed E-state index contributed by atoms with van der Waals surface area (Å²) in [5, 5.41) is 3.31. The Hall–Kier alpha value is -0.0800. The third kappa shape index (κ3) is 2.96. The monoisotopic (exact) mass is 198 g/mol. The summed E-state index contributed by atoms with van der Waals surface area (Å²) in [7, 11) is 2.07. The van der Waals surface area contributed by atoms with Crippen molar-refractivity contribution in [2.45, 2.75) is 45.6 Å². The van der Waals surface area contributed by atoms with Crippen LogP contribution in [0.5, 0.6) is 0 Å². The molecule has 0 radical (unpaired) electrons. The fourth-order valence-corrected chi connectivity index (χ4v) is 2.55. The summed E-state index contributed by atoms with van der Waals surface area (Å²) in [5.74, 6) is 0.915. The number of hydrogen-bond donors (Lipinski definition) is 1. The third-order valence-corrected chi connectivity index (χ3v) is 3.33. The fourth-order valence-electron chi connectivity index (χ4n) is 2.55. The predicted octanol–water partition coefficient (Wildman–Crippen LogP) is 2.11. The summed E-state index contributed by atoms with van der Waals surface area (Å²) in [6.45, 7) is 8.36. The molecule has 1 aliphatic carbocycles. The van der Waals surface area contributed by atoms with Gasteiger partial charge in [0.25, 0.3) is 0 Å². The summed E-state index contributed by atoms with van der Waals surface area (Å²) in [4.78, 5) is 2.70. The van der Waals surface area contributed by atoms with Crippen molar-refractivity contribution < 1.29 is 0 Å². The highest BCUT2D eigenvalue weighted by Gasteiger charge is 2.33. The first-order valence-corrected chi connectivity index (χ1v) is 6.22. The highest BCUT2D eigenvalue weighted by atomic mass is 15.2. The lowest BCUT2D eigenvalue weighted by Crippen LogP contribution is -2.50. The van der Waals surface area contributed by atoms with Crippen molar-refractivity contribution in [3.05, 3.63) is 0 Å². The van der Waals surface area contributed by atoms with Crippen LogP contribution in [-0.4, -0.2) is 37.6 Å². The maximum atomic E-state index is 3.31. The molecule has 0 spiro atoms. The first kappa shape index (κ1) is 12.0. The SMILES string of the molecule is CCCN(CCC)C1CCC1CNC. The zero-order valence-corrected chi connectivity index (χ0v) is 10.1. The molecule has 0 amide bonds. The lowest BCUT2D eigenvalue weighted by molar-refractivity contribution is 0.0627. The molecule has 0 aromatic carbocycles. The summed E-state index contributed by atoms with van der Waals surface area (Å²) < 4.78 is 0. The van der Waals surface area contributed by atoms with Crippen molar-refractivity contribution in [1.82, 2.24) is 10.2 Å². The molecule has 0 heterocycles. The van der Waals surface area contributed by atoms with E-state index >= 15 is 0 Å². The minimum atomic E-state index is 0.877. The van der Waals surface area contributed by atoms with Gasteiger partial charge in [-0.15, -0.1) is 0 Å². The van der Waals surface area contributed by atoms with Crippen LogP contribution in [0.2, 0.25) is 0 Å². The van der Waals surface area contributed by atoms with Crippen LogP contribution in [0, 0.1) is 5.92 Å². The Labute approximate surface area is 89.1 Å². The Balaban J connectivity index is 2.34. The molecule has 2 atom stereocenters. The zero-order valence-electron chi connectivity index (χ0n) is 10.1. The van der Waals surface area contributed by atoms with Crippen LogP contribution in [0.4, 0.5) is 0 Å². The summed E-state index contributed by atoms with van der Waals surface area (Å²) >= 11 is 0. The number of nitrogens with zero attached hydrogens (tertiary/aromatic N) is 1. The van der Waals surface area contributed by atoms with Crippen molar-refractivity contribution in [2.24, 2.45) is 5.92 Å². The Kier molecular flexibility index (Phi) is 5.49. The molecule has 1 fully saturated rings. The Morgan fingerprint density at radius 2 is 1.79 bits per heavy atom. The Bertz CT molecular complexity index is 141. The number of hydrogen-bond acceptors (Lipinski definition) is 2. The van der Waals surface area contributed by atoms with E-state index in [1.54, 1.807) is 0 Å². The van der Waals surface area contributed by atoms with Crippen LogP contribution in [0.1, 0.15) is 39.5 Å². The Morgan fingerprint density at radius 1 is 1.14 bits per heavy atom. The molecule has 2 heteroatoms. The molecule has 14 heavy (non-hydrogen) atoms. The maximum Gasteiger partial charge on any atom is 0.0136 e. The number of rotatable bonds is 7. The average Bonchev–Trinajstić information content (AvgIpc) is 2.13. The first-order chi connectivity index (χ1) is 6.83. The van der Waals surface area contributed by atoms with Gasteiger partial charge in [-0.05, 0) is 58.3 Å². The molecule has 84 valence electrons. The fraction of sp³-hybridized carbons (Fsp3) is 1.00. The lowest BCUT2D eigenvalue weighted by Gasteiger charge is -2.44. The smallest absolute Gasteiger partial charge is 0.0136 e. The van der Waals surface area contributed by atoms with Crippen LogP contribution in [0.25, 0.3) is 0 Å². The van der Waals surface area contributed by atoms with Crippen molar-refractivity contribution in [3.8, 4) is 0 Å². The van der Waals surface area contributed by atoms with Gasteiger partial charge in [0.15, 0.2) is 0 Å². The highest BCUT2D eigenvalue weighted by molar-refractivity contribution is 4.89. The number of nitrogens with one attached hydrogen (secondary N) is 1. The van der Waals surface area contributed by atoms with Crippen LogP contribution >= 0.6 is 0 Å². The second kappa shape index (κ2) is 6.41. The van der Waals surface area contributed by atoms with Gasteiger partial charge in [0.05, 0.1) is 0 Å². The molecule has 0 aliphatic heterocycles. The largest absolute Gasteiger partial charge is 0.319 e. The van der Waals surface area contributed by atoms with Gasteiger partial charge in [0.2, 0.25) is 0 Å². The van der Waals surface area contributed by atoms with E-state index in [4.69, 9.17) is 0 Å². The van der Waals surface area contributed by atoms with E-state index in [0.29, 0.717) is 0 Å². The van der Waals surface area contributed by atoms with Crippen LogP contribution in [0.15, 0.2) is 0 Å². The molecular weight excluding hydrogens is 172 g/mol. The van der Waals surface area contributed by atoms with E-state index in [1.165, 1.54) is 45.3 Å². The van der Waals surface area contributed by atoms with Crippen LogP contribution in [-0.2, 0) is 0 Å². The van der Waals surface area contributed by atoms with Gasteiger partial charge in [0, 0.05) is 6.04 Å². The van der Waals surface area contributed by atoms with Crippen molar-refractivity contribution in [1.29, 1.82) is 0 Å². The van der Waals surface area contributed by atoms with Crippen molar-refractivity contribution >= 4 is 0 Å². The van der Waals surface area contributed by atoms with Gasteiger partial charge < -0.3 is 10.2 Å². The third-order valence-electron chi connectivity index (χ3n) is 3.33. The van der Waals surface area contributed by atoms with Gasteiger partial charge in [0.1, 0.15) is 0 Å². The summed E-state index contributed by atoms with van der Waals surface area (Å²) in [6, 6.07) is 0.877. The van der Waals surface area contributed by atoms with E-state index in [-0.39, 0.29) is 0 Å². The second-order valence-corrected chi connectivity index (χ2v) is 4.50. The average molecular weight is 198 g/mol. The maximum absolute atomic E-state index is 3.31. The van der Waals surface area contributed by atoms with Gasteiger partial charge in [-0.2, -0.15) is 0 Å². The summed E-state index contributed by atoms with van der Waals surface area (Å²) in [6.07, 6.45) is 5.44. The lowest BCUT2D eigenvalue weighted by atomic mass is 9.78. The van der Waals surface area contributed by atoms with Gasteiger partial charge in [-0.25, -0.2) is 0 Å². The van der Waals surface area contributed by atoms with E-state index in [9.17, 15) is 0 Å². The Morgan fingerprint density at radius 3 is 2.14 bits per heavy atom. The van der Waals surface area contributed by atoms with Crippen LogP contribution in [0.3, 0.4) is 0 Å². The van der Waals surface area contributed by atoms with E-state index in [1.807, 2.05) is 0 Å². The molecule has 0 aromatic heterocycles. The normalized spacial score (nSPS) is 26.6. The molecular formula is C12H26N2. The van der Waals surface area contributed by atoms with E-state index < -0.39 is 0 Å². The molecule has 0 bridgehead atoms. The van der Waals surface area contributed by atoms with Gasteiger partial charge in [-0.1, -0.05) is 13.8 Å². The molecule has 1 rings (SSSR count). The molecule has 1 saturated carbocycles. The quantitative estimate of drug-likeness (QED) is 0.674. The van der Waals surface area contributed by atoms with Crippen LogP contribution < -0.4 is 5.32 Å². The van der Waals surface area contributed by atoms with Crippen molar-refractivity contribution in [3.63, 3.8) is 0 Å². The van der Waals surface area contributed by atoms with E-state index in [0.717, 1.165) is 12.0 Å². The molecule has 1 aliphatic rings. The minimum absolute atomic E-state index is 0.877. The topological polar surface area (TPSA) is 15.3 Å². The molecule has 0 aromatic rings. The molecule has 2 nitrogen and oxygen atoms in total. The highest BCUT2D eigenvalue weighted by Crippen LogP contribution is 2.31. The predicted molar refractivity (Wildman–Crippen MR) is 62.6 cm³/mol. The van der Waals surface area contributed by atoms with E-state index in [2.05, 4.69) is 31.1 Å². The zero-order chi connectivity index (χ0) is 10.4. The molecule has 0 saturated heterocycles. The first-order valence-electron chi connectivity index (χ1n) is 6.22. The summed E-state index contributed by atoms with van der Waals surface area (Å²) in [5.41, 5.74) is 0. The van der Waals surface area contributed by atoms with Crippen molar-refractivity contribution in [2.75, 3.05) is 26.7 Å². The van der Waals surface area contributed by atoms with Gasteiger partial charge >= 0.3 is 0 Å². The van der Waals surface area contributed by atoms with Gasteiger partial charge in [-0.3, -0.25) is 0 Å². The second-order valence-electron chi connectivity index (χ2n) is 4.50.